The lowest BCUT2D eigenvalue weighted by Gasteiger charge is -2.06. The molecule has 1 N–H and O–H groups in total. The molecule has 0 spiro atoms. The summed E-state index contributed by atoms with van der Waals surface area (Å²) in [6.07, 6.45) is 1.99. The minimum atomic E-state index is -0.506. The van der Waals surface area contributed by atoms with Gasteiger partial charge in [-0.1, -0.05) is 12.7 Å². The highest BCUT2D eigenvalue weighted by Gasteiger charge is 2.06. The van der Waals surface area contributed by atoms with Crippen LogP contribution in [0, 0.1) is 0 Å². The third-order valence-electron chi connectivity index (χ3n) is 1.80. The van der Waals surface area contributed by atoms with Crippen molar-refractivity contribution in [3.63, 3.8) is 0 Å². The van der Waals surface area contributed by atoms with Crippen molar-refractivity contribution in [1.29, 1.82) is 0 Å². The first-order valence-electron chi connectivity index (χ1n) is 5.26. The molecule has 0 aromatic rings. The van der Waals surface area contributed by atoms with Gasteiger partial charge in [0, 0.05) is 17.8 Å². The minimum absolute atomic E-state index is 0.00214. The lowest BCUT2D eigenvalue weighted by molar-refractivity contribution is -0.147. The molecule has 0 atom stereocenters. The van der Waals surface area contributed by atoms with Gasteiger partial charge in [0.05, 0.1) is 0 Å². The SMILES string of the molecule is C=C(C)C(=O)OCCOC(=O)C(C)=CCCO. The van der Waals surface area contributed by atoms with E-state index in [1.807, 2.05) is 0 Å². The normalized spacial score (nSPS) is 10.9. The molecule has 5 nitrogen and oxygen atoms in total. The number of aliphatic hydroxyl groups excluding tert-OH is 1. The Bertz CT molecular complexity index is 317. The summed E-state index contributed by atoms with van der Waals surface area (Å²) in [5.74, 6) is -0.988. The minimum Gasteiger partial charge on any atom is -0.459 e. The number of aliphatic hydroxyl groups is 1. The molecule has 0 fully saturated rings. The standard InChI is InChI=1S/C12H18O5/c1-9(2)11(14)16-7-8-17-12(15)10(3)5-4-6-13/h5,13H,1,4,6-8H2,2-3H3. The summed E-state index contributed by atoms with van der Waals surface area (Å²) >= 11 is 0. The fraction of sp³-hybridized carbons (Fsp3) is 0.500. The van der Waals surface area contributed by atoms with Gasteiger partial charge in [0.15, 0.2) is 0 Å². The molecule has 17 heavy (non-hydrogen) atoms. The molecular weight excluding hydrogens is 224 g/mol. The van der Waals surface area contributed by atoms with E-state index in [0.29, 0.717) is 17.6 Å². The summed E-state index contributed by atoms with van der Waals surface area (Å²) in [5, 5.41) is 8.56. The third-order valence-corrected chi connectivity index (χ3v) is 1.80. The van der Waals surface area contributed by atoms with Crippen molar-refractivity contribution in [2.45, 2.75) is 20.3 Å². The first-order valence-corrected chi connectivity index (χ1v) is 5.26. The topological polar surface area (TPSA) is 72.8 Å². The van der Waals surface area contributed by atoms with Crippen LogP contribution in [0.5, 0.6) is 0 Å². The van der Waals surface area contributed by atoms with Crippen LogP contribution in [-0.4, -0.2) is 36.9 Å². The van der Waals surface area contributed by atoms with Crippen molar-refractivity contribution in [3.8, 4) is 0 Å². The zero-order valence-electron chi connectivity index (χ0n) is 10.2. The second-order valence-corrected chi connectivity index (χ2v) is 3.45. The van der Waals surface area contributed by atoms with Crippen molar-refractivity contribution >= 4 is 11.9 Å². The van der Waals surface area contributed by atoms with Crippen molar-refractivity contribution in [2.75, 3.05) is 19.8 Å². The first kappa shape index (κ1) is 15.4. The zero-order valence-corrected chi connectivity index (χ0v) is 10.2. The molecule has 0 amide bonds. The highest BCUT2D eigenvalue weighted by molar-refractivity contribution is 5.88. The van der Waals surface area contributed by atoms with E-state index in [2.05, 4.69) is 6.58 Å². The zero-order chi connectivity index (χ0) is 13.3. The van der Waals surface area contributed by atoms with E-state index in [1.165, 1.54) is 6.92 Å². The number of esters is 2. The average Bonchev–Trinajstić information content (AvgIpc) is 2.30. The molecule has 0 bridgehead atoms. The molecule has 0 saturated heterocycles. The summed E-state index contributed by atoms with van der Waals surface area (Å²) in [6.45, 7) is 6.54. The van der Waals surface area contributed by atoms with E-state index < -0.39 is 11.9 Å². The molecule has 0 aliphatic rings. The number of ether oxygens (including phenoxy) is 2. The van der Waals surface area contributed by atoms with Crippen LogP contribution in [-0.2, 0) is 19.1 Å². The predicted octanol–water partition coefficient (Wildman–Crippen LogP) is 0.978. The Morgan fingerprint density at radius 1 is 1.18 bits per heavy atom. The Labute approximate surface area is 101 Å². The molecule has 0 rings (SSSR count). The maximum atomic E-state index is 11.3. The molecule has 0 aliphatic heterocycles. The average molecular weight is 242 g/mol. The Hall–Kier alpha value is -1.62. The van der Waals surface area contributed by atoms with Crippen LogP contribution >= 0.6 is 0 Å². The molecule has 0 unspecified atom stereocenters. The molecule has 0 aromatic carbocycles. The van der Waals surface area contributed by atoms with Crippen LogP contribution in [0.1, 0.15) is 20.3 Å². The smallest absolute Gasteiger partial charge is 0.333 e. The van der Waals surface area contributed by atoms with Crippen LogP contribution in [0.3, 0.4) is 0 Å². The molecule has 0 aliphatic carbocycles. The highest BCUT2D eigenvalue weighted by atomic mass is 16.6. The van der Waals surface area contributed by atoms with Crippen LogP contribution in [0.4, 0.5) is 0 Å². The van der Waals surface area contributed by atoms with Gasteiger partial charge in [-0.25, -0.2) is 9.59 Å². The van der Waals surface area contributed by atoms with E-state index in [0.717, 1.165) is 0 Å². The van der Waals surface area contributed by atoms with E-state index in [9.17, 15) is 9.59 Å². The van der Waals surface area contributed by atoms with Gasteiger partial charge in [0.25, 0.3) is 0 Å². The second-order valence-electron chi connectivity index (χ2n) is 3.45. The van der Waals surface area contributed by atoms with Crippen molar-refractivity contribution in [2.24, 2.45) is 0 Å². The highest BCUT2D eigenvalue weighted by Crippen LogP contribution is 1.99. The van der Waals surface area contributed by atoms with Gasteiger partial charge >= 0.3 is 11.9 Å². The van der Waals surface area contributed by atoms with Gasteiger partial charge in [0.2, 0.25) is 0 Å². The molecular formula is C12H18O5. The van der Waals surface area contributed by atoms with Crippen LogP contribution < -0.4 is 0 Å². The lowest BCUT2D eigenvalue weighted by atomic mass is 10.2. The Morgan fingerprint density at radius 2 is 1.71 bits per heavy atom. The summed E-state index contributed by atoms with van der Waals surface area (Å²) < 4.78 is 9.57. The number of hydrogen-bond acceptors (Lipinski definition) is 5. The number of rotatable bonds is 7. The van der Waals surface area contributed by atoms with Gasteiger partial charge < -0.3 is 14.6 Å². The van der Waals surface area contributed by atoms with Crippen LogP contribution in [0.25, 0.3) is 0 Å². The molecule has 0 radical (unpaired) electrons. The molecule has 96 valence electrons. The number of carbonyl (C=O) groups is 2. The van der Waals surface area contributed by atoms with Gasteiger partial charge in [-0.15, -0.1) is 0 Å². The largest absolute Gasteiger partial charge is 0.459 e. The van der Waals surface area contributed by atoms with Crippen molar-refractivity contribution < 1.29 is 24.2 Å². The number of carbonyl (C=O) groups excluding carboxylic acids is 2. The first-order chi connectivity index (χ1) is 7.99. The quantitative estimate of drug-likeness (QED) is 0.409. The monoisotopic (exact) mass is 242 g/mol. The van der Waals surface area contributed by atoms with E-state index in [1.54, 1.807) is 13.0 Å². The van der Waals surface area contributed by atoms with Crippen molar-refractivity contribution in [1.82, 2.24) is 0 Å². The summed E-state index contributed by atoms with van der Waals surface area (Å²) in [4.78, 5) is 22.3. The fourth-order valence-corrected chi connectivity index (χ4v) is 0.870. The summed E-state index contributed by atoms with van der Waals surface area (Å²) in [6, 6.07) is 0. The Morgan fingerprint density at radius 3 is 2.18 bits per heavy atom. The van der Waals surface area contributed by atoms with Crippen LogP contribution in [0.15, 0.2) is 23.8 Å². The van der Waals surface area contributed by atoms with Gasteiger partial charge in [-0.2, -0.15) is 0 Å². The second kappa shape index (κ2) is 8.52. The van der Waals surface area contributed by atoms with Gasteiger partial charge in [-0.05, 0) is 20.3 Å². The lowest BCUT2D eigenvalue weighted by Crippen LogP contribution is -2.14. The van der Waals surface area contributed by atoms with Crippen LogP contribution in [0.2, 0.25) is 0 Å². The van der Waals surface area contributed by atoms with Gasteiger partial charge in [0.1, 0.15) is 13.2 Å². The maximum Gasteiger partial charge on any atom is 0.333 e. The van der Waals surface area contributed by atoms with E-state index in [-0.39, 0.29) is 19.8 Å². The maximum absolute atomic E-state index is 11.3. The van der Waals surface area contributed by atoms with E-state index >= 15 is 0 Å². The molecule has 5 heteroatoms. The summed E-state index contributed by atoms with van der Waals surface area (Å²) in [7, 11) is 0. The molecule has 0 saturated carbocycles. The Balaban J connectivity index is 3.79. The van der Waals surface area contributed by atoms with Gasteiger partial charge in [-0.3, -0.25) is 0 Å². The predicted molar refractivity (Wildman–Crippen MR) is 62.2 cm³/mol. The third kappa shape index (κ3) is 7.30. The van der Waals surface area contributed by atoms with Crippen molar-refractivity contribution in [3.05, 3.63) is 23.8 Å². The molecule has 0 heterocycles. The fourth-order valence-electron chi connectivity index (χ4n) is 0.870. The summed E-state index contributed by atoms with van der Waals surface area (Å²) in [5.41, 5.74) is 0.723. The number of hydrogen-bond donors (Lipinski definition) is 1. The Kier molecular flexibility index (Phi) is 7.71. The van der Waals surface area contributed by atoms with E-state index in [4.69, 9.17) is 14.6 Å². The molecule has 0 aromatic heterocycles.